The lowest BCUT2D eigenvalue weighted by Crippen LogP contribution is -2.37. The van der Waals surface area contributed by atoms with Crippen LogP contribution in [0.5, 0.6) is 0 Å². The maximum absolute atomic E-state index is 12.7. The van der Waals surface area contributed by atoms with E-state index in [1.807, 2.05) is 63.7 Å². The van der Waals surface area contributed by atoms with Crippen molar-refractivity contribution in [3.05, 3.63) is 85.1 Å². The Labute approximate surface area is 372 Å². The van der Waals surface area contributed by atoms with Crippen LogP contribution in [0.15, 0.2) is 85.1 Å². The molecule has 0 saturated heterocycles. The van der Waals surface area contributed by atoms with E-state index in [1.165, 1.54) is 64.2 Å². The van der Waals surface area contributed by atoms with Crippen LogP contribution in [0, 0.1) is 0 Å². The summed E-state index contributed by atoms with van der Waals surface area (Å²) in [6, 6.07) is 0. The Bertz CT molecular complexity index is 1330. The van der Waals surface area contributed by atoms with Crippen LogP contribution >= 0.6 is 7.82 Å². The third-order valence-corrected chi connectivity index (χ3v) is 10.5. The molecule has 0 saturated carbocycles. The van der Waals surface area contributed by atoms with Gasteiger partial charge in [-0.1, -0.05) is 163 Å². The van der Waals surface area contributed by atoms with Gasteiger partial charge in [-0.3, -0.25) is 14.2 Å². The quantitative estimate of drug-likeness (QED) is 0.0159. The summed E-state index contributed by atoms with van der Waals surface area (Å²) >= 11 is 0. The van der Waals surface area contributed by atoms with E-state index in [9.17, 15) is 24.2 Å². The van der Waals surface area contributed by atoms with Crippen molar-refractivity contribution in [3.8, 4) is 0 Å². The van der Waals surface area contributed by atoms with Crippen LogP contribution in [0.2, 0.25) is 0 Å². The number of carbonyl (C=O) groups excluding carboxylic acids is 2. The molecule has 0 aromatic heterocycles. The van der Waals surface area contributed by atoms with Gasteiger partial charge in [0.25, 0.3) is 7.82 Å². The predicted octanol–water partition coefficient (Wildman–Crippen LogP) is 11.9. The van der Waals surface area contributed by atoms with E-state index in [2.05, 4.69) is 50.3 Å². The fourth-order valence-corrected chi connectivity index (χ4v) is 6.55. The van der Waals surface area contributed by atoms with E-state index in [1.54, 1.807) is 6.08 Å². The number of hydrogen-bond acceptors (Lipinski definition) is 9. The Morgan fingerprint density at radius 2 is 1.18 bits per heavy atom. The molecule has 0 aliphatic heterocycles. The first-order valence-electron chi connectivity index (χ1n) is 23.4. The number of esters is 2. The van der Waals surface area contributed by atoms with Crippen LogP contribution in [-0.4, -0.2) is 81.2 Å². The number of allylic oxidation sites excluding steroid dienone is 12. The van der Waals surface area contributed by atoms with Gasteiger partial charge in [0.1, 0.15) is 19.8 Å². The number of quaternary nitrogens is 1. The standard InChI is InChI=1S/C50H86NO9P/c1-6-8-10-11-12-13-14-15-16-17-18-21-24-27-30-33-37-41-49(53)57-45-48(46-59-61(55,56)58-44-43-51(3,4)5)60-50(54)42-38-34-31-28-25-22-19-20-23-26-29-32-36-40-47(52)39-35-9-7-2/h9,15-16,20,22-23,25,29,31-32,34-36,40,47-48,52H,6-8,10-14,17-19,21,24,26-28,30,33,37-39,41-46H2,1-5H3/b16-15-,23-20-,25-22-,32-29+,34-31-,35-9-,40-36+/t47?,48-/m1/s1. The Balaban J connectivity index is 4.50. The summed E-state index contributed by atoms with van der Waals surface area (Å²) in [6.45, 7) is 3.90. The van der Waals surface area contributed by atoms with Gasteiger partial charge in [-0.15, -0.1) is 0 Å². The van der Waals surface area contributed by atoms with Crippen LogP contribution in [-0.2, 0) is 32.7 Å². The lowest BCUT2D eigenvalue weighted by Gasteiger charge is -2.28. The van der Waals surface area contributed by atoms with Crippen LogP contribution in [0.25, 0.3) is 0 Å². The molecule has 0 fully saturated rings. The average Bonchev–Trinajstić information content (AvgIpc) is 3.21. The number of aliphatic hydroxyl groups is 1. The largest absolute Gasteiger partial charge is 0.756 e. The van der Waals surface area contributed by atoms with Gasteiger partial charge in [0.2, 0.25) is 0 Å². The zero-order valence-corrected chi connectivity index (χ0v) is 39.8. The molecule has 1 N–H and O–H groups in total. The zero-order chi connectivity index (χ0) is 45.1. The van der Waals surface area contributed by atoms with E-state index in [4.69, 9.17) is 18.5 Å². The summed E-state index contributed by atoms with van der Waals surface area (Å²) in [5.74, 6) is -0.965. The number of likely N-dealkylation sites (N-methyl/N-ethyl adjacent to an activating group) is 1. The minimum absolute atomic E-state index is 0.0563. The predicted molar refractivity (Wildman–Crippen MR) is 251 cm³/mol. The van der Waals surface area contributed by atoms with Gasteiger partial charge in [-0.05, 0) is 70.6 Å². The van der Waals surface area contributed by atoms with Crippen molar-refractivity contribution in [1.82, 2.24) is 0 Å². The normalized spacial score (nSPS) is 14.8. The Morgan fingerprint density at radius 1 is 0.623 bits per heavy atom. The van der Waals surface area contributed by atoms with Gasteiger partial charge in [0.15, 0.2) is 6.10 Å². The van der Waals surface area contributed by atoms with E-state index >= 15 is 0 Å². The SMILES string of the molecule is CC/C=C\CC(O)/C=C/C=C/C/C=C\C/C=C\C/C=C\CCC(=O)O[C@H](COC(=O)CCCCCCCCC/C=C\CCCCCCCC)COP(=O)([O-])OCC[N+](C)(C)C. The molecule has 0 radical (unpaired) electrons. The molecule has 0 amide bonds. The lowest BCUT2D eigenvalue weighted by atomic mass is 10.1. The highest BCUT2D eigenvalue weighted by Crippen LogP contribution is 2.38. The third-order valence-electron chi connectivity index (χ3n) is 9.49. The number of hydrogen-bond donors (Lipinski definition) is 1. The van der Waals surface area contributed by atoms with Gasteiger partial charge in [0.05, 0.1) is 33.9 Å². The van der Waals surface area contributed by atoms with Gasteiger partial charge in [0, 0.05) is 12.8 Å². The lowest BCUT2D eigenvalue weighted by molar-refractivity contribution is -0.870. The van der Waals surface area contributed by atoms with Gasteiger partial charge >= 0.3 is 11.9 Å². The molecule has 2 unspecified atom stereocenters. The smallest absolute Gasteiger partial charge is 0.306 e. The number of nitrogens with zero attached hydrogens (tertiary/aromatic N) is 1. The van der Waals surface area contributed by atoms with Crippen molar-refractivity contribution in [3.63, 3.8) is 0 Å². The van der Waals surface area contributed by atoms with Crippen molar-refractivity contribution >= 4 is 19.8 Å². The van der Waals surface area contributed by atoms with E-state index in [0.717, 1.165) is 51.4 Å². The number of carbonyl (C=O) groups is 2. The fraction of sp³-hybridized carbons (Fsp3) is 0.680. The molecule has 350 valence electrons. The molecule has 61 heavy (non-hydrogen) atoms. The van der Waals surface area contributed by atoms with E-state index in [-0.39, 0.29) is 26.1 Å². The number of ether oxygens (including phenoxy) is 2. The topological polar surface area (TPSA) is 131 Å². The number of rotatable bonds is 41. The number of phosphoric acid groups is 1. The van der Waals surface area contributed by atoms with Crippen molar-refractivity contribution in [2.45, 2.75) is 174 Å². The monoisotopic (exact) mass is 876 g/mol. The molecular weight excluding hydrogens is 790 g/mol. The van der Waals surface area contributed by atoms with Gasteiger partial charge in [-0.25, -0.2) is 0 Å². The van der Waals surface area contributed by atoms with Crippen molar-refractivity contribution in [2.24, 2.45) is 0 Å². The molecule has 0 aromatic rings. The maximum atomic E-state index is 12.7. The second kappa shape index (κ2) is 41.2. The first kappa shape index (κ1) is 58.1. The zero-order valence-electron chi connectivity index (χ0n) is 38.9. The van der Waals surface area contributed by atoms with Crippen molar-refractivity contribution in [1.29, 1.82) is 0 Å². The Morgan fingerprint density at radius 3 is 1.79 bits per heavy atom. The minimum atomic E-state index is -4.66. The molecule has 0 spiro atoms. The number of unbranched alkanes of at least 4 members (excludes halogenated alkanes) is 13. The Hall–Kier alpha value is -2.85. The highest BCUT2D eigenvalue weighted by molar-refractivity contribution is 7.45. The van der Waals surface area contributed by atoms with Crippen LogP contribution < -0.4 is 4.89 Å². The highest BCUT2D eigenvalue weighted by Gasteiger charge is 2.21. The van der Waals surface area contributed by atoms with Gasteiger partial charge in [-0.2, -0.15) is 0 Å². The summed E-state index contributed by atoms with van der Waals surface area (Å²) in [7, 11) is 1.08. The van der Waals surface area contributed by atoms with Gasteiger partial charge < -0.3 is 33.0 Å². The second-order valence-electron chi connectivity index (χ2n) is 16.6. The van der Waals surface area contributed by atoms with Crippen LogP contribution in [0.3, 0.4) is 0 Å². The molecule has 0 aromatic carbocycles. The summed E-state index contributed by atoms with van der Waals surface area (Å²) < 4.78 is 33.8. The summed E-state index contributed by atoms with van der Waals surface area (Å²) in [5, 5.41) is 9.85. The second-order valence-corrected chi connectivity index (χ2v) is 18.0. The highest BCUT2D eigenvalue weighted by atomic mass is 31.2. The van der Waals surface area contributed by atoms with Crippen molar-refractivity contribution < 1.29 is 47.2 Å². The molecule has 0 bridgehead atoms. The maximum Gasteiger partial charge on any atom is 0.306 e. The summed E-state index contributed by atoms with van der Waals surface area (Å²) in [6.07, 6.45) is 49.5. The van der Waals surface area contributed by atoms with Crippen LogP contribution in [0.4, 0.5) is 0 Å². The molecule has 0 rings (SSSR count). The molecule has 0 aliphatic carbocycles. The molecule has 11 heteroatoms. The first-order valence-corrected chi connectivity index (χ1v) is 24.9. The summed E-state index contributed by atoms with van der Waals surface area (Å²) in [4.78, 5) is 37.6. The van der Waals surface area contributed by atoms with E-state index < -0.39 is 38.6 Å². The molecule has 0 heterocycles. The fourth-order valence-electron chi connectivity index (χ4n) is 5.82. The van der Waals surface area contributed by atoms with E-state index in [0.29, 0.717) is 30.3 Å². The third kappa shape index (κ3) is 45.0. The van der Waals surface area contributed by atoms with Crippen LogP contribution in [0.1, 0.15) is 162 Å². The van der Waals surface area contributed by atoms with Crippen molar-refractivity contribution in [2.75, 3.05) is 47.5 Å². The molecule has 3 atom stereocenters. The molecule has 10 nitrogen and oxygen atoms in total. The number of phosphoric ester groups is 1. The molecule has 0 aliphatic rings. The minimum Gasteiger partial charge on any atom is -0.756 e. The summed E-state index contributed by atoms with van der Waals surface area (Å²) in [5.41, 5.74) is 0. The average molecular weight is 876 g/mol. The molecular formula is C50H86NO9P. The number of aliphatic hydroxyl groups excluding tert-OH is 1. The Kier molecular flexibility index (Phi) is 39.3. The first-order chi connectivity index (χ1) is 29.4.